The van der Waals surface area contributed by atoms with Gasteiger partial charge in [-0.25, -0.2) is 0 Å². The summed E-state index contributed by atoms with van der Waals surface area (Å²) in [7, 11) is 4.06. The Morgan fingerprint density at radius 1 is 0.786 bits per heavy atom. The maximum Gasteiger partial charge on any atom is 0.258 e. The summed E-state index contributed by atoms with van der Waals surface area (Å²) in [4.78, 5) is 18.4. The molecule has 0 aliphatic carbocycles. The van der Waals surface area contributed by atoms with Crippen molar-refractivity contribution in [2.75, 3.05) is 32.1 Å². The van der Waals surface area contributed by atoms with Crippen molar-refractivity contribution in [2.45, 2.75) is 10.6 Å². The number of hydrogen-bond acceptors (Lipinski definition) is 3. The predicted molar refractivity (Wildman–Crippen MR) is 119 cm³/mol. The van der Waals surface area contributed by atoms with Gasteiger partial charge in [-0.15, -0.1) is 11.8 Å². The molecule has 0 unspecified atom stereocenters. The van der Waals surface area contributed by atoms with Gasteiger partial charge in [0.15, 0.2) is 0 Å². The molecule has 0 fully saturated rings. The van der Waals surface area contributed by atoms with E-state index in [4.69, 9.17) is 0 Å². The van der Waals surface area contributed by atoms with Crippen LogP contribution in [0.2, 0.25) is 0 Å². The van der Waals surface area contributed by atoms with Crippen LogP contribution in [0.5, 0.6) is 0 Å². The Morgan fingerprint density at radius 3 is 2.07 bits per heavy atom. The van der Waals surface area contributed by atoms with Gasteiger partial charge in [-0.2, -0.15) is 0 Å². The molecule has 3 aromatic rings. The van der Waals surface area contributed by atoms with E-state index in [9.17, 15) is 4.79 Å². The van der Waals surface area contributed by atoms with Crippen molar-refractivity contribution in [3.8, 4) is 0 Å². The lowest BCUT2D eigenvalue weighted by atomic mass is 10.1. The van der Waals surface area contributed by atoms with E-state index in [0.717, 1.165) is 22.9 Å². The van der Waals surface area contributed by atoms with Crippen molar-refractivity contribution >= 4 is 23.4 Å². The molecule has 0 bridgehead atoms. The largest absolute Gasteiger partial charge is 0.308 e. The number of likely N-dealkylation sites (N-methyl/N-ethyl adjacent to an activating group) is 1. The Balaban J connectivity index is 1.87. The number of para-hydroxylation sites is 1. The first kappa shape index (κ1) is 20.2. The van der Waals surface area contributed by atoms with Gasteiger partial charge in [0.2, 0.25) is 0 Å². The molecule has 0 atom stereocenters. The summed E-state index contributed by atoms with van der Waals surface area (Å²) in [6.07, 6.45) is 0. The number of nitrogens with zero attached hydrogens (tertiary/aromatic N) is 2. The van der Waals surface area contributed by atoms with E-state index in [0.29, 0.717) is 12.1 Å². The van der Waals surface area contributed by atoms with Gasteiger partial charge < -0.3 is 9.80 Å². The van der Waals surface area contributed by atoms with Gasteiger partial charge in [-0.3, -0.25) is 4.79 Å². The second-order valence-electron chi connectivity index (χ2n) is 6.87. The summed E-state index contributed by atoms with van der Waals surface area (Å²) in [5.74, 6) is 0.911. The molecule has 28 heavy (non-hydrogen) atoms. The molecule has 0 spiro atoms. The minimum Gasteiger partial charge on any atom is -0.308 e. The molecule has 0 N–H and O–H groups in total. The molecule has 1 amide bonds. The van der Waals surface area contributed by atoms with Crippen LogP contribution < -0.4 is 4.90 Å². The van der Waals surface area contributed by atoms with Crippen LogP contribution in [0.4, 0.5) is 5.69 Å². The van der Waals surface area contributed by atoms with E-state index < -0.39 is 0 Å². The van der Waals surface area contributed by atoms with Crippen molar-refractivity contribution in [3.63, 3.8) is 0 Å². The van der Waals surface area contributed by atoms with Gasteiger partial charge in [0.25, 0.3) is 5.91 Å². The molecular weight excluding hydrogens is 364 g/mol. The van der Waals surface area contributed by atoms with Gasteiger partial charge in [0, 0.05) is 29.3 Å². The predicted octanol–water partition coefficient (Wildman–Crippen LogP) is 5.19. The number of benzene rings is 3. The highest BCUT2D eigenvalue weighted by molar-refractivity contribution is 7.98. The first-order chi connectivity index (χ1) is 13.6. The molecule has 0 aliphatic rings. The Kier molecular flexibility index (Phi) is 7.29. The van der Waals surface area contributed by atoms with Crippen molar-refractivity contribution in [2.24, 2.45) is 0 Å². The number of amides is 1. The Hall–Kier alpha value is -2.56. The average Bonchev–Trinajstić information content (AvgIpc) is 2.74. The summed E-state index contributed by atoms with van der Waals surface area (Å²) in [6.45, 7) is 1.44. The molecular formula is C24H26N2OS. The third-order valence-electron chi connectivity index (χ3n) is 4.43. The minimum absolute atomic E-state index is 0.0372. The number of hydrogen-bond donors (Lipinski definition) is 0. The highest BCUT2D eigenvalue weighted by atomic mass is 32.2. The number of carbonyl (C=O) groups is 1. The highest BCUT2D eigenvalue weighted by Gasteiger charge is 2.20. The number of thioether (sulfide) groups is 1. The molecule has 144 valence electrons. The Morgan fingerprint density at radius 2 is 1.39 bits per heavy atom. The monoisotopic (exact) mass is 390 g/mol. The molecule has 3 aromatic carbocycles. The van der Waals surface area contributed by atoms with Crippen molar-refractivity contribution < 1.29 is 4.79 Å². The second kappa shape index (κ2) is 10.1. The maximum absolute atomic E-state index is 13.3. The SMILES string of the molecule is CN(C)CCN(C(=O)c1ccccc1)c1ccccc1SCc1ccccc1. The third kappa shape index (κ3) is 5.47. The first-order valence-electron chi connectivity index (χ1n) is 9.42. The van der Waals surface area contributed by atoms with Crippen LogP contribution in [-0.2, 0) is 5.75 Å². The van der Waals surface area contributed by atoms with Crippen LogP contribution in [-0.4, -0.2) is 38.0 Å². The fourth-order valence-corrected chi connectivity index (χ4v) is 3.92. The van der Waals surface area contributed by atoms with Crippen molar-refractivity contribution in [1.29, 1.82) is 0 Å². The van der Waals surface area contributed by atoms with Crippen LogP contribution in [0.1, 0.15) is 15.9 Å². The summed E-state index contributed by atoms with van der Waals surface area (Å²) < 4.78 is 0. The molecule has 3 rings (SSSR count). The molecule has 0 aliphatic heterocycles. The zero-order chi connectivity index (χ0) is 19.8. The Labute approximate surface area is 172 Å². The minimum atomic E-state index is 0.0372. The molecule has 0 saturated carbocycles. The van der Waals surface area contributed by atoms with Crippen LogP contribution in [0, 0.1) is 0 Å². The summed E-state index contributed by atoms with van der Waals surface area (Å²) in [5, 5.41) is 0. The Bertz CT molecular complexity index is 881. The normalized spacial score (nSPS) is 10.8. The van der Waals surface area contributed by atoms with E-state index >= 15 is 0 Å². The van der Waals surface area contributed by atoms with Crippen molar-refractivity contribution in [3.05, 3.63) is 96.1 Å². The summed E-state index contributed by atoms with van der Waals surface area (Å²) in [5.41, 5.74) is 2.96. The van der Waals surface area contributed by atoms with Gasteiger partial charge in [-0.1, -0.05) is 60.7 Å². The summed E-state index contributed by atoms with van der Waals surface area (Å²) in [6, 6.07) is 28.1. The van der Waals surface area contributed by atoms with E-state index in [1.807, 2.05) is 73.6 Å². The van der Waals surface area contributed by atoms with E-state index in [-0.39, 0.29) is 5.91 Å². The van der Waals surface area contributed by atoms with Crippen LogP contribution in [0.25, 0.3) is 0 Å². The zero-order valence-electron chi connectivity index (χ0n) is 16.4. The molecule has 4 heteroatoms. The smallest absolute Gasteiger partial charge is 0.258 e. The van der Waals surface area contributed by atoms with Gasteiger partial charge in [0.05, 0.1) is 5.69 Å². The number of anilines is 1. The molecule has 0 heterocycles. The first-order valence-corrected chi connectivity index (χ1v) is 10.4. The maximum atomic E-state index is 13.3. The molecule has 0 aromatic heterocycles. The topological polar surface area (TPSA) is 23.6 Å². The van der Waals surface area contributed by atoms with E-state index in [1.165, 1.54) is 5.56 Å². The molecule has 0 radical (unpaired) electrons. The van der Waals surface area contributed by atoms with Crippen LogP contribution in [0.15, 0.2) is 89.8 Å². The molecule has 0 saturated heterocycles. The average molecular weight is 391 g/mol. The quantitative estimate of drug-likeness (QED) is 0.495. The lowest BCUT2D eigenvalue weighted by Crippen LogP contribution is -2.37. The highest BCUT2D eigenvalue weighted by Crippen LogP contribution is 2.33. The van der Waals surface area contributed by atoms with Crippen LogP contribution >= 0.6 is 11.8 Å². The lowest BCUT2D eigenvalue weighted by Gasteiger charge is -2.26. The standard InChI is InChI=1S/C24H26N2OS/c1-25(2)17-18-26(24(27)21-13-7-4-8-14-21)22-15-9-10-16-23(22)28-19-20-11-5-3-6-12-20/h3-16H,17-19H2,1-2H3. The lowest BCUT2D eigenvalue weighted by molar-refractivity contribution is 0.0984. The number of rotatable bonds is 8. The van der Waals surface area contributed by atoms with Gasteiger partial charge in [0.1, 0.15) is 0 Å². The zero-order valence-corrected chi connectivity index (χ0v) is 17.2. The fraction of sp³-hybridized carbons (Fsp3) is 0.208. The van der Waals surface area contributed by atoms with Gasteiger partial charge >= 0.3 is 0 Å². The second-order valence-corrected chi connectivity index (χ2v) is 7.89. The van der Waals surface area contributed by atoms with Crippen molar-refractivity contribution in [1.82, 2.24) is 4.90 Å². The van der Waals surface area contributed by atoms with Gasteiger partial charge in [-0.05, 0) is 43.9 Å². The van der Waals surface area contributed by atoms with E-state index in [1.54, 1.807) is 11.8 Å². The van der Waals surface area contributed by atoms with Crippen LogP contribution in [0.3, 0.4) is 0 Å². The number of carbonyl (C=O) groups excluding carboxylic acids is 1. The third-order valence-corrected chi connectivity index (χ3v) is 5.56. The van der Waals surface area contributed by atoms with E-state index in [2.05, 4.69) is 35.2 Å². The molecule has 3 nitrogen and oxygen atoms in total. The summed E-state index contributed by atoms with van der Waals surface area (Å²) >= 11 is 1.77. The fourth-order valence-electron chi connectivity index (χ4n) is 2.91.